The van der Waals surface area contributed by atoms with Crippen LogP contribution in [0.5, 0.6) is 5.75 Å². The van der Waals surface area contributed by atoms with E-state index in [1.165, 1.54) is 17.0 Å². The van der Waals surface area contributed by atoms with Gasteiger partial charge in [0.2, 0.25) is 0 Å². The molecule has 1 aromatic carbocycles. The minimum absolute atomic E-state index is 0.301. The van der Waals surface area contributed by atoms with Gasteiger partial charge in [-0.05, 0) is 54.9 Å². The molecule has 5 heteroatoms. The van der Waals surface area contributed by atoms with Crippen LogP contribution >= 0.6 is 0 Å². The van der Waals surface area contributed by atoms with E-state index in [0.717, 1.165) is 51.3 Å². The molecule has 0 unspecified atom stereocenters. The van der Waals surface area contributed by atoms with Gasteiger partial charge in [0.15, 0.2) is 0 Å². The van der Waals surface area contributed by atoms with Gasteiger partial charge in [-0.3, -0.25) is 0 Å². The Kier molecular flexibility index (Phi) is 7.24. The number of rotatable bonds is 7. The lowest BCUT2D eigenvalue weighted by Crippen LogP contribution is -3.16. The molecule has 0 radical (unpaired) electrons. The first kappa shape index (κ1) is 21.4. The number of methoxy groups -OCH3 is 1. The molecule has 0 aromatic heterocycles. The van der Waals surface area contributed by atoms with Gasteiger partial charge in [0.05, 0.1) is 46.0 Å². The van der Waals surface area contributed by atoms with Crippen LogP contribution < -0.4 is 14.5 Å². The highest BCUT2D eigenvalue weighted by Gasteiger charge is 2.33. The number of hydrogen-bond acceptors (Lipinski definition) is 4. The minimum atomic E-state index is -0.372. The maximum Gasteiger partial charge on any atom is 0.126 e. The lowest BCUT2D eigenvalue weighted by molar-refractivity contribution is -0.903. The van der Waals surface area contributed by atoms with Crippen molar-refractivity contribution < 1.29 is 19.5 Å². The first-order chi connectivity index (χ1) is 13.3. The van der Waals surface area contributed by atoms with Gasteiger partial charge in [-0.15, -0.1) is 0 Å². The molecule has 28 heavy (non-hydrogen) atoms. The quantitative estimate of drug-likeness (QED) is 0.746. The van der Waals surface area contributed by atoms with E-state index in [1.54, 1.807) is 7.11 Å². The SMILES string of the molecule is COc1ccc(N2CC[NH+](C[C@@H](O)CO[C@H]3C[C@@H](C)CC(C)(C)C3)CC2)cc1. The second-order valence-electron chi connectivity index (χ2n) is 9.66. The van der Waals surface area contributed by atoms with Gasteiger partial charge >= 0.3 is 0 Å². The van der Waals surface area contributed by atoms with Crippen LogP contribution in [0.4, 0.5) is 5.69 Å². The number of benzene rings is 1. The molecule has 1 aliphatic heterocycles. The Morgan fingerprint density at radius 3 is 2.46 bits per heavy atom. The number of piperazine rings is 1. The molecule has 2 fully saturated rings. The molecule has 158 valence electrons. The number of hydrogen-bond donors (Lipinski definition) is 2. The molecule has 1 saturated heterocycles. The van der Waals surface area contributed by atoms with Crippen molar-refractivity contribution in [2.24, 2.45) is 11.3 Å². The number of quaternary nitrogens is 1. The van der Waals surface area contributed by atoms with E-state index in [-0.39, 0.29) is 6.10 Å². The molecule has 1 heterocycles. The summed E-state index contributed by atoms with van der Waals surface area (Å²) in [4.78, 5) is 3.88. The number of aliphatic hydroxyl groups is 1. The Hall–Kier alpha value is -1.30. The van der Waals surface area contributed by atoms with Crippen LogP contribution in [0.3, 0.4) is 0 Å². The van der Waals surface area contributed by atoms with E-state index in [0.29, 0.717) is 24.0 Å². The van der Waals surface area contributed by atoms with Crippen LogP contribution in [0.15, 0.2) is 24.3 Å². The van der Waals surface area contributed by atoms with Crippen molar-refractivity contribution in [1.82, 2.24) is 0 Å². The van der Waals surface area contributed by atoms with Gasteiger partial charge < -0.3 is 24.4 Å². The fourth-order valence-electron chi connectivity index (χ4n) is 5.10. The molecule has 1 aromatic rings. The van der Waals surface area contributed by atoms with E-state index >= 15 is 0 Å². The third kappa shape index (κ3) is 6.10. The number of aliphatic hydroxyl groups excluding tert-OH is 1. The standard InChI is InChI=1S/C23H38N2O3/c1-18-13-22(15-23(2,3)14-18)28-17-20(26)16-24-9-11-25(12-10-24)19-5-7-21(27-4)8-6-19/h5-8,18,20,22,26H,9-17H2,1-4H3/p+1/t18-,20-,22+/m1/s1. The number of ether oxygens (including phenoxy) is 2. The van der Waals surface area contributed by atoms with Crippen LogP contribution in [-0.4, -0.2) is 63.8 Å². The molecule has 3 rings (SSSR count). The summed E-state index contributed by atoms with van der Waals surface area (Å²) in [6.07, 6.45) is 3.44. The average molecular weight is 392 g/mol. The van der Waals surface area contributed by atoms with E-state index < -0.39 is 0 Å². The highest BCUT2D eigenvalue weighted by Crippen LogP contribution is 2.39. The van der Waals surface area contributed by atoms with Crippen molar-refractivity contribution in [3.8, 4) is 5.75 Å². The smallest absolute Gasteiger partial charge is 0.126 e. The van der Waals surface area contributed by atoms with Crippen LogP contribution in [-0.2, 0) is 4.74 Å². The summed E-state index contributed by atoms with van der Waals surface area (Å²) in [5.74, 6) is 1.61. The molecule has 3 atom stereocenters. The van der Waals surface area contributed by atoms with Gasteiger partial charge in [0, 0.05) is 5.69 Å². The Labute approximate surface area is 170 Å². The van der Waals surface area contributed by atoms with Gasteiger partial charge in [0.1, 0.15) is 18.4 Å². The summed E-state index contributed by atoms with van der Waals surface area (Å²) < 4.78 is 11.4. The summed E-state index contributed by atoms with van der Waals surface area (Å²) in [6, 6.07) is 8.28. The second kappa shape index (κ2) is 9.47. The van der Waals surface area contributed by atoms with E-state index in [9.17, 15) is 5.11 Å². The zero-order valence-electron chi connectivity index (χ0n) is 18.1. The maximum atomic E-state index is 10.5. The summed E-state index contributed by atoms with van der Waals surface area (Å²) in [6.45, 7) is 12.4. The van der Waals surface area contributed by atoms with Crippen molar-refractivity contribution in [1.29, 1.82) is 0 Å². The lowest BCUT2D eigenvalue weighted by Gasteiger charge is -2.39. The third-order valence-electron chi connectivity index (χ3n) is 6.30. The van der Waals surface area contributed by atoms with Crippen molar-refractivity contribution in [2.45, 2.75) is 52.2 Å². The van der Waals surface area contributed by atoms with Crippen molar-refractivity contribution >= 4 is 5.69 Å². The van der Waals surface area contributed by atoms with Gasteiger partial charge in [-0.25, -0.2) is 0 Å². The van der Waals surface area contributed by atoms with Gasteiger partial charge in [-0.1, -0.05) is 20.8 Å². The molecule has 5 nitrogen and oxygen atoms in total. The van der Waals surface area contributed by atoms with Crippen LogP contribution in [0.25, 0.3) is 0 Å². The molecule has 0 spiro atoms. The van der Waals surface area contributed by atoms with E-state index in [1.807, 2.05) is 12.1 Å². The Morgan fingerprint density at radius 1 is 1.18 bits per heavy atom. The zero-order valence-corrected chi connectivity index (χ0v) is 18.1. The molecule has 2 N–H and O–H groups in total. The Balaban J connectivity index is 1.38. The summed E-state index contributed by atoms with van der Waals surface area (Å²) in [5.41, 5.74) is 1.61. The van der Waals surface area contributed by atoms with E-state index in [2.05, 4.69) is 37.8 Å². The van der Waals surface area contributed by atoms with Crippen molar-refractivity contribution in [3.63, 3.8) is 0 Å². The van der Waals surface area contributed by atoms with Gasteiger partial charge in [-0.2, -0.15) is 0 Å². The fraction of sp³-hybridized carbons (Fsp3) is 0.739. The summed E-state index contributed by atoms with van der Waals surface area (Å²) in [7, 11) is 1.70. The average Bonchev–Trinajstić information content (AvgIpc) is 2.66. The van der Waals surface area contributed by atoms with Crippen molar-refractivity contribution in [3.05, 3.63) is 24.3 Å². The molecule has 1 saturated carbocycles. The minimum Gasteiger partial charge on any atom is -0.497 e. The molecular formula is C23H39N2O3+. The Bertz CT molecular complexity index is 596. The van der Waals surface area contributed by atoms with Crippen LogP contribution in [0.2, 0.25) is 0 Å². The fourth-order valence-corrected chi connectivity index (χ4v) is 5.10. The Morgan fingerprint density at radius 2 is 1.86 bits per heavy atom. The van der Waals surface area contributed by atoms with E-state index in [4.69, 9.17) is 9.47 Å². The molecule has 1 aliphatic carbocycles. The summed E-state index contributed by atoms with van der Waals surface area (Å²) >= 11 is 0. The molecule has 0 bridgehead atoms. The molecular weight excluding hydrogens is 352 g/mol. The number of nitrogens with zero attached hydrogens (tertiary/aromatic N) is 1. The van der Waals surface area contributed by atoms with Crippen LogP contribution in [0.1, 0.15) is 40.0 Å². The summed E-state index contributed by atoms with van der Waals surface area (Å²) in [5, 5.41) is 10.5. The molecule has 0 amide bonds. The predicted molar refractivity (Wildman–Crippen MR) is 113 cm³/mol. The predicted octanol–water partition coefficient (Wildman–Crippen LogP) is 1.99. The first-order valence-corrected chi connectivity index (χ1v) is 10.9. The zero-order chi connectivity index (χ0) is 20.1. The highest BCUT2D eigenvalue weighted by molar-refractivity contribution is 5.49. The monoisotopic (exact) mass is 391 g/mol. The maximum absolute atomic E-state index is 10.5. The lowest BCUT2D eigenvalue weighted by atomic mass is 9.71. The third-order valence-corrected chi connectivity index (χ3v) is 6.30. The second-order valence-corrected chi connectivity index (χ2v) is 9.66. The van der Waals surface area contributed by atoms with Gasteiger partial charge in [0.25, 0.3) is 0 Å². The molecule has 2 aliphatic rings. The highest BCUT2D eigenvalue weighted by atomic mass is 16.5. The number of anilines is 1. The van der Waals surface area contributed by atoms with Crippen molar-refractivity contribution in [2.75, 3.05) is 51.3 Å². The number of nitrogens with one attached hydrogen (secondary N) is 1. The first-order valence-electron chi connectivity index (χ1n) is 10.9. The largest absolute Gasteiger partial charge is 0.497 e. The topological polar surface area (TPSA) is 46.4 Å². The van der Waals surface area contributed by atoms with Crippen LogP contribution in [0, 0.1) is 11.3 Å². The normalized spacial score (nSPS) is 26.8.